The van der Waals surface area contributed by atoms with Crippen molar-refractivity contribution in [2.75, 3.05) is 18.6 Å². The van der Waals surface area contributed by atoms with Gasteiger partial charge in [0.05, 0.1) is 0 Å². The van der Waals surface area contributed by atoms with Gasteiger partial charge in [0.2, 0.25) is 0 Å². The standard InChI is InChI=1S/C15H25NO2S/c1-5-16-15(7-6-10-19(4,17)18)14-9-8-12(2)13(3)11-14/h8-9,11,15-16H,5-7,10H2,1-4H3. The molecule has 0 aliphatic carbocycles. The summed E-state index contributed by atoms with van der Waals surface area (Å²) in [7, 11) is -2.86. The second-order valence-corrected chi connectivity index (χ2v) is 7.49. The molecule has 0 saturated carbocycles. The third-order valence-electron chi connectivity index (χ3n) is 3.39. The van der Waals surface area contributed by atoms with Crippen LogP contribution in [0.5, 0.6) is 0 Å². The summed E-state index contributed by atoms with van der Waals surface area (Å²) in [5.74, 6) is 0.264. The van der Waals surface area contributed by atoms with Crippen molar-refractivity contribution >= 4 is 9.84 Å². The Morgan fingerprint density at radius 1 is 1.21 bits per heavy atom. The van der Waals surface area contributed by atoms with E-state index in [-0.39, 0.29) is 11.8 Å². The lowest BCUT2D eigenvalue weighted by atomic mass is 9.98. The molecular weight excluding hydrogens is 258 g/mol. The highest BCUT2D eigenvalue weighted by molar-refractivity contribution is 7.90. The number of rotatable bonds is 7. The first-order valence-electron chi connectivity index (χ1n) is 6.81. The van der Waals surface area contributed by atoms with E-state index in [0.29, 0.717) is 6.42 Å². The Kier molecular flexibility index (Phi) is 6.01. The summed E-state index contributed by atoms with van der Waals surface area (Å²) in [6.07, 6.45) is 2.85. The van der Waals surface area contributed by atoms with Crippen LogP contribution in [0, 0.1) is 13.8 Å². The van der Waals surface area contributed by atoms with Crippen molar-refractivity contribution in [2.45, 2.75) is 39.7 Å². The molecule has 1 aromatic carbocycles. The molecule has 0 spiro atoms. The van der Waals surface area contributed by atoms with Crippen molar-refractivity contribution in [1.82, 2.24) is 5.32 Å². The predicted molar refractivity (Wildman–Crippen MR) is 81.3 cm³/mol. The molecular formula is C15H25NO2S. The largest absolute Gasteiger partial charge is 0.310 e. The fraction of sp³-hybridized carbons (Fsp3) is 0.600. The normalized spacial score (nSPS) is 13.5. The first-order chi connectivity index (χ1) is 8.83. The molecule has 0 bridgehead atoms. The molecule has 0 fully saturated rings. The molecule has 0 saturated heterocycles. The van der Waals surface area contributed by atoms with E-state index >= 15 is 0 Å². The molecule has 0 amide bonds. The summed E-state index contributed by atoms with van der Waals surface area (Å²) >= 11 is 0. The van der Waals surface area contributed by atoms with Crippen LogP contribution in [0.2, 0.25) is 0 Å². The van der Waals surface area contributed by atoms with Gasteiger partial charge in [0.15, 0.2) is 0 Å². The first-order valence-corrected chi connectivity index (χ1v) is 8.88. The van der Waals surface area contributed by atoms with Crippen LogP contribution in [0.4, 0.5) is 0 Å². The molecule has 0 heterocycles. The number of aryl methyl sites for hydroxylation is 2. The Balaban J connectivity index is 2.73. The lowest BCUT2D eigenvalue weighted by molar-refractivity contribution is 0.506. The maximum atomic E-state index is 11.2. The topological polar surface area (TPSA) is 46.2 Å². The number of hydrogen-bond donors (Lipinski definition) is 1. The van der Waals surface area contributed by atoms with Gasteiger partial charge in [-0.05, 0) is 49.9 Å². The molecule has 1 aromatic rings. The van der Waals surface area contributed by atoms with Gasteiger partial charge >= 0.3 is 0 Å². The zero-order chi connectivity index (χ0) is 14.5. The van der Waals surface area contributed by atoms with Crippen molar-refractivity contribution in [2.24, 2.45) is 0 Å². The van der Waals surface area contributed by atoms with Gasteiger partial charge in [-0.2, -0.15) is 0 Å². The van der Waals surface area contributed by atoms with Gasteiger partial charge in [0.1, 0.15) is 9.84 Å². The Labute approximate surface area is 117 Å². The maximum Gasteiger partial charge on any atom is 0.147 e. The monoisotopic (exact) mass is 283 g/mol. The molecule has 3 nitrogen and oxygen atoms in total. The van der Waals surface area contributed by atoms with Gasteiger partial charge in [-0.3, -0.25) is 0 Å². The van der Waals surface area contributed by atoms with Crippen LogP contribution in [0.3, 0.4) is 0 Å². The fourth-order valence-corrected chi connectivity index (χ4v) is 2.86. The second kappa shape index (κ2) is 7.06. The second-order valence-electron chi connectivity index (χ2n) is 5.23. The molecule has 1 N–H and O–H groups in total. The van der Waals surface area contributed by atoms with E-state index < -0.39 is 9.84 Å². The fourth-order valence-electron chi connectivity index (χ4n) is 2.16. The molecule has 0 aliphatic heterocycles. The molecule has 1 unspecified atom stereocenters. The minimum atomic E-state index is -2.86. The van der Waals surface area contributed by atoms with Crippen molar-refractivity contribution in [3.8, 4) is 0 Å². The third kappa shape index (κ3) is 5.74. The highest BCUT2D eigenvalue weighted by Crippen LogP contribution is 2.21. The van der Waals surface area contributed by atoms with E-state index in [1.54, 1.807) is 0 Å². The van der Waals surface area contributed by atoms with E-state index in [4.69, 9.17) is 0 Å². The molecule has 1 atom stereocenters. The summed E-state index contributed by atoms with van der Waals surface area (Å²) < 4.78 is 22.4. The van der Waals surface area contributed by atoms with Crippen LogP contribution in [0.25, 0.3) is 0 Å². The van der Waals surface area contributed by atoms with Gasteiger partial charge in [0.25, 0.3) is 0 Å². The predicted octanol–water partition coefficient (Wildman–Crippen LogP) is 2.78. The molecule has 108 valence electrons. The zero-order valence-electron chi connectivity index (χ0n) is 12.4. The van der Waals surface area contributed by atoms with Gasteiger partial charge < -0.3 is 5.32 Å². The van der Waals surface area contributed by atoms with Crippen molar-refractivity contribution in [3.05, 3.63) is 34.9 Å². The van der Waals surface area contributed by atoms with Crippen LogP contribution >= 0.6 is 0 Å². The summed E-state index contributed by atoms with van der Waals surface area (Å²) in [4.78, 5) is 0. The summed E-state index contributed by atoms with van der Waals surface area (Å²) in [5, 5.41) is 3.44. The van der Waals surface area contributed by atoms with Crippen LogP contribution in [0.1, 0.15) is 42.5 Å². The number of benzene rings is 1. The quantitative estimate of drug-likeness (QED) is 0.837. The highest BCUT2D eigenvalue weighted by atomic mass is 32.2. The van der Waals surface area contributed by atoms with Gasteiger partial charge in [-0.25, -0.2) is 8.42 Å². The zero-order valence-corrected chi connectivity index (χ0v) is 13.2. The molecule has 4 heteroatoms. The van der Waals surface area contributed by atoms with Gasteiger partial charge in [-0.15, -0.1) is 0 Å². The Bertz CT molecular complexity index is 509. The van der Waals surface area contributed by atoms with E-state index in [0.717, 1.165) is 13.0 Å². The third-order valence-corrected chi connectivity index (χ3v) is 4.42. The first kappa shape index (κ1) is 16.2. The minimum Gasteiger partial charge on any atom is -0.310 e. The molecule has 19 heavy (non-hydrogen) atoms. The van der Waals surface area contributed by atoms with E-state index in [1.165, 1.54) is 22.9 Å². The smallest absolute Gasteiger partial charge is 0.147 e. The Morgan fingerprint density at radius 2 is 1.89 bits per heavy atom. The minimum absolute atomic E-state index is 0.242. The van der Waals surface area contributed by atoms with Crippen LogP contribution < -0.4 is 5.32 Å². The summed E-state index contributed by atoms with van der Waals surface area (Å²) in [5.41, 5.74) is 3.82. The molecule has 0 radical (unpaired) electrons. The van der Waals surface area contributed by atoms with Crippen LogP contribution in [0.15, 0.2) is 18.2 Å². The molecule has 1 rings (SSSR count). The molecule has 0 aliphatic rings. The summed E-state index contributed by atoms with van der Waals surface area (Å²) in [6.45, 7) is 7.17. The lowest BCUT2D eigenvalue weighted by Gasteiger charge is -2.19. The summed E-state index contributed by atoms with van der Waals surface area (Å²) in [6, 6.07) is 6.70. The lowest BCUT2D eigenvalue weighted by Crippen LogP contribution is -2.21. The number of nitrogens with one attached hydrogen (secondary N) is 1. The molecule has 0 aromatic heterocycles. The number of hydrogen-bond acceptors (Lipinski definition) is 3. The van der Waals surface area contributed by atoms with E-state index in [1.807, 2.05) is 0 Å². The Hall–Kier alpha value is -0.870. The van der Waals surface area contributed by atoms with Crippen LogP contribution in [-0.4, -0.2) is 27.0 Å². The number of sulfone groups is 1. The van der Waals surface area contributed by atoms with Gasteiger partial charge in [-0.1, -0.05) is 25.1 Å². The van der Waals surface area contributed by atoms with Crippen molar-refractivity contribution in [1.29, 1.82) is 0 Å². The average Bonchev–Trinajstić information content (AvgIpc) is 2.30. The Morgan fingerprint density at radius 3 is 2.42 bits per heavy atom. The van der Waals surface area contributed by atoms with Crippen molar-refractivity contribution in [3.63, 3.8) is 0 Å². The van der Waals surface area contributed by atoms with E-state index in [9.17, 15) is 8.42 Å². The van der Waals surface area contributed by atoms with E-state index in [2.05, 4.69) is 44.3 Å². The average molecular weight is 283 g/mol. The van der Waals surface area contributed by atoms with Crippen molar-refractivity contribution < 1.29 is 8.42 Å². The SMILES string of the molecule is CCNC(CCCS(C)(=O)=O)c1ccc(C)c(C)c1. The van der Waals surface area contributed by atoms with Gasteiger partial charge in [0, 0.05) is 18.1 Å². The van der Waals surface area contributed by atoms with Crippen LogP contribution in [-0.2, 0) is 9.84 Å². The maximum absolute atomic E-state index is 11.2. The highest BCUT2D eigenvalue weighted by Gasteiger charge is 2.12.